The molecule has 1 N–H and O–H groups in total. The number of benzene rings is 1. The normalized spacial score (nSPS) is 19.1. The summed E-state index contributed by atoms with van der Waals surface area (Å²) in [5.74, 6) is 3.67. The first-order valence-electron chi connectivity index (χ1n) is 9.36. The summed E-state index contributed by atoms with van der Waals surface area (Å²) in [6, 6.07) is 6.54. The van der Waals surface area contributed by atoms with Crippen LogP contribution in [0.4, 0.5) is 0 Å². The van der Waals surface area contributed by atoms with Crippen LogP contribution in [0.1, 0.15) is 43.0 Å². The van der Waals surface area contributed by atoms with Crippen LogP contribution >= 0.6 is 11.8 Å². The molecule has 1 atom stereocenters. The summed E-state index contributed by atoms with van der Waals surface area (Å²) in [4.78, 5) is 3.69. The highest BCUT2D eigenvalue weighted by molar-refractivity contribution is 7.99. The average Bonchev–Trinajstić information content (AvgIpc) is 3.31. The highest BCUT2D eigenvalue weighted by atomic mass is 32.2. The van der Waals surface area contributed by atoms with Gasteiger partial charge in [-0.25, -0.2) is 0 Å². The zero-order chi connectivity index (χ0) is 18.9. The number of aromatic nitrogens is 3. The van der Waals surface area contributed by atoms with E-state index in [0.717, 1.165) is 25.0 Å². The van der Waals surface area contributed by atoms with Crippen molar-refractivity contribution in [3.8, 4) is 12.3 Å². The molecule has 0 spiro atoms. The van der Waals surface area contributed by atoms with Crippen molar-refractivity contribution >= 4 is 22.7 Å². The zero-order valence-corrected chi connectivity index (χ0v) is 16.5. The summed E-state index contributed by atoms with van der Waals surface area (Å²) in [6.45, 7) is 5.02. The van der Waals surface area contributed by atoms with Crippen molar-refractivity contribution in [2.75, 3.05) is 12.4 Å². The van der Waals surface area contributed by atoms with Gasteiger partial charge in [-0.15, -0.1) is 16.6 Å². The van der Waals surface area contributed by atoms with E-state index in [1.54, 1.807) is 0 Å². The summed E-state index contributed by atoms with van der Waals surface area (Å²) in [5, 5.41) is 10.1. The van der Waals surface area contributed by atoms with Gasteiger partial charge in [0.05, 0.1) is 24.5 Å². The molecule has 0 saturated heterocycles. The van der Waals surface area contributed by atoms with Crippen LogP contribution in [0.15, 0.2) is 27.8 Å². The summed E-state index contributed by atoms with van der Waals surface area (Å²) < 4.78 is 12.1. The third-order valence-electron chi connectivity index (χ3n) is 5.33. The van der Waals surface area contributed by atoms with Crippen LogP contribution in [0.3, 0.4) is 0 Å². The molecule has 140 valence electrons. The molecule has 0 saturated carbocycles. The fourth-order valence-electron chi connectivity index (χ4n) is 3.96. The Labute approximate surface area is 163 Å². The number of para-hydroxylation sites is 1. The minimum atomic E-state index is -0.474. The number of hydrogen-bond donors (Lipinski definition) is 1. The Bertz CT molecular complexity index is 1000. The number of terminal acetylenes is 1. The minimum absolute atomic E-state index is 0.474. The standard InChI is InChI=1S/C21H23N3O2S/c1-4-12-27-20-24-23-17(26-20)13-21(6-3)19-16(10-11-25-21)15-9-7-8-14(5-2)18(15)22-19/h1,7-9,22H,5-6,10-13H2,2-3H3. The molecule has 5 nitrogen and oxygen atoms in total. The predicted octanol–water partition coefficient (Wildman–Crippen LogP) is 4.26. The topological polar surface area (TPSA) is 63.9 Å². The molecule has 0 bridgehead atoms. The number of nitrogens with one attached hydrogen (secondary N) is 1. The maximum Gasteiger partial charge on any atom is 0.277 e. The van der Waals surface area contributed by atoms with Crippen molar-refractivity contribution in [1.82, 2.24) is 15.2 Å². The molecule has 2 aromatic heterocycles. The summed E-state index contributed by atoms with van der Waals surface area (Å²) in [7, 11) is 0. The monoisotopic (exact) mass is 381 g/mol. The third kappa shape index (κ3) is 3.15. The Hall–Kier alpha value is -2.23. The number of aryl methyl sites for hydroxylation is 1. The molecule has 0 fully saturated rings. The van der Waals surface area contributed by atoms with E-state index in [1.807, 2.05) is 0 Å². The molecule has 6 heteroatoms. The minimum Gasteiger partial charge on any atom is -0.416 e. The van der Waals surface area contributed by atoms with Gasteiger partial charge in [0.25, 0.3) is 5.22 Å². The second kappa shape index (κ2) is 7.41. The van der Waals surface area contributed by atoms with Gasteiger partial charge in [0.2, 0.25) is 5.89 Å². The van der Waals surface area contributed by atoms with Crippen LogP contribution in [0.25, 0.3) is 10.9 Å². The number of thioether (sulfide) groups is 1. The number of hydrogen-bond acceptors (Lipinski definition) is 5. The predicted molar refractivity (Wildman–Crippen MR) is 107 cm³/mol. The van der Waals surface area contributed by atoms with E-state index in [2.05, 4.69) is 53.1 Å². The first kappa shape index (κ1) is 18.1. The fraction of sp³-hybridized carbons (Fsp3) is 0.429. The van der Waals surface area contributed by atoms with Gasteiger partial charge < -0.3 is 14.1 Å². The van der Waals surface area contributed by atoms with E-state index in [9.17, 15) is 0 Å². The van der Waals surface area contributed by atoms with Gasteiger partial charge in [0.15, 0.2) is 0 Å². The van der Waals surface area contributed by atoms with Crippen LogP contribution in [-0.4, -0.2) is 27.5 Å². The Morgan fingerprint density at radius 2 is 2.22 bits per heavy atom. The molecule has 1 aliphatic rings. The highest BCUT2D eigenvalue weighted by Crippen LogP contribution is 2.42. The molecule has 1 aliphatic heterocycles. The van der Waals surface area contributed by atoms with E-state index < -0.39 is 5.60 Å². The lowest BCUT2D eigenvalue weighted by Crippen LogP contribution is -2.37. The molecule has 0 aliphatic carbocycles. The lowest BCUT2D eigenvalue weighted by molar-refractivity contribution is -0.0696. The second-order valence-electron chi connectivity index (χ2n) is 6.75. The molecule has 3 heterocycles. The van der Waals surface area contributed by atoms with Crippen LogP contribution < -0.4 is 0 Å². The van der Waals surface area contributed by atoms with E-state index in [0.29, 0.717) is 29.9 Å². The highest BCUT2D eigenvalue weighted by Gasteiger charge is 2.40. The summed E-state index contributed by atoms with van der Waals surface area (Å²) >= 11 is 1.38. The molecule has 3 aromatic rings. The van der Waals surface area contributed by atoms with E-state index >= 15 is 0 Å². The van der Waals surface area contributed by atoms with Gasteiger partial charge in [-0.1, -0.05) is 49.7 Å². The van der Waals surface area contributed by atoms with Crippen molar-refractivity contribution in [2.45, 2.75) is 50.4 Å². The Morgan fingerprint density at radius 1 is 1.33 bits per heavy atom. The second-order valence-corrected chi connectivity index (χ2v) is 7.68. The number of nitrogens with zero attached hydrogens (tertiary/aromatic N) is 2. The van der Waals surface area contributed by atoms with Crippen LogP contribution in [0.2, 0.25) is 0 Å². The van der Waals surface area contributed by atoms with Gasteiger partial charge in [0, 0.05) is 10.9 Å². The Kier molecular flexibility index (Phi) is 4.98. The number of rotatable bonds is 6. The molecule has 4 rings (SSSR count). The Morgan fingerprint density at radius 3 is 3.00 bits per heavy atom. The lowest BCUT2D eigenvalue weighted by Gasteiger charge is -2.35. The molecular formula is C21H23N3O2S. The average molecular weight is 382 g/mol. The Balaban J connectivity index is 1.74. The molecule has 1 aromatic carbocycles. The quantitative estimate of drug-likeness (QED) is 0.511. The first-order valence-corrected chi connectivity index (χ1v) is 10.3. The fourth-order valence-corrected chi connectivity index (χ4v) is 4.42. The third-order valence-corrected chi connectivity index (χ3v) is 6.05. The smallest absolute Gasteiger partial charge is 0.277 e. The lowest BCUT2D eigenvalue weighted by atomic mass is 9.86. The van der Waals surface area contributed by atoms with Crippen molar-refractivity contribution in [2.24, 2.45) is 0 Å². The van der Waals surface area contributed by atoms with Crippen molar-refractivity contribution in [3.63, 3.8) is 0 Å². The molecule has 0 amide bonds. The van der Waals surface area contributed by atoms with Crippen molar-refractivity contribution < 1.29 is 9.15 Å². The van der Waals surface area contributed by atoms with Gasteiger partial charge in [-0.2, -0.15) is 0 Å². The van der Waals surface area contributed by atoms with E-state index in [1.165, 1.54) is 33.8 Å². The summed E-state index contributed by atoms with van der Waals surface area (Å²) in [5.41, 5.74) is 4.60. The number of H-pyrrole nitrogens is 1. The largest absolute Gasteiger partial charge is 0.416 e. The molecule has 1 unspecified atom stereocenters. The maximum atomic E-state index is 6.34. The van der Waals surface area contributed by atoms with Gasteiger partial charge >= 0.3 is 0 Å². The zero-order valence-electron chi connectivity index (χ0n) is 15.7. The van der Waals surface area contributed by atoms with Gasteiger partial charge in [0.1, 0.15) is 5.60 Å². The maximum absolute atomic E-state index is 6.34. The molecule has 0 radical (unpaired) electrons. The molecule has 27 heavy (non-hydrogen) atoms. The van der Waals surface area contributed by atoms with Gasteiger partial charge in [-0.3, -0.25) is 0 Å². The number of fused-ring (bicyclic) bond motifs is 3. The molecular weight excluding hydrogens is 358 g/mol. The van der Waals surface area contributed by atoms with Gasteiger partial charge in [-0.05, 0) is 30.4 Å². The van der Waals surface area contributed by atoms with Crippen LogP contribution in [0.5, 0.6) is 0 Å². The summed E-state index contributed by atoms with van der Waals surface area (Å²) in [6.07, 6.45) is 8.59. The van der Waals surface area contributed by atoms with Crippen molar-refractivity contribution in [3.05, 3.63) is 40.9 Å². The van der Waals surface area contributed by atoms with Crippen LogP contribution in [0, 0.1) is 12.3 Å². The van der Waals surface area contributed by atoms with E-state index in [-0.39, 0.29) is 0 Å². The first-order chi connectivity index (χ1) is 13.2. The number of aromatic amines is 1. The SMILES string of the molecule is C#CCSc1nnc(CC2(CC)OCCc3c2[nH]c2c(CC)cccc32)o1. The number of ether oxygens (including phenoxy) is 1. The van der Waals surface area contributed by atoms with Crippen molar-refractivity contribution in [1.29, 1.82) is 0 Å². The van der Waals surface area contributed by atoms with Crippen LogP contribution in [-0.2, 0) is 29.6 Å². The van der Waals surface area contributed by atoms with E-state index in [4.69, 9.17) is 15.6 Å².